The van der Waals surface area contributed by atoms with Gasteiger partial charge in [0.15, 0.2) is 6.61 Å². The molecule has 0 aliphatic rings. The normalized spacial score (nSPS) is 11.6. The number of benzene rings is 1. The van der Waals surface area contributed by atoms with Gasteiger partial charge in [0.05, 0.1) is 12.2 Å². The van der Waals surface area contributed by atoms with Crippen LogP contribution in [0.4, 0.5) is 4.79 Å². The van der Waals surface area contributed by atoms with Crippen molar-refractivity contribution in [2.75, 3.05) is 6.61 Å². The van der Waals surface area contributed by atoms with Crippen LogP contribution in [0, 0.1) is 6.92 Å². The first-order chi connectivity index (χ1) is 13.3. The van der Waals surface area contributed by atoms with E-state index in [0.29, 0.717) is 12.2 Å². The van der Waals surface area contributed by atoms with E-state index in [0.717, 1.165) is 12.0 Å². The van der Waals surface area contributed by atoms with E-state index in [2.05, 4.69) is 15.7 Å². The summed E-state index contributed by atoms with van der Waals surface area (Å²) >= 11 is 6.28. The smallest absolute Gasteiger partial charge is 0.343 e. The number of halogens is 1. The summed E-state index contributed by atoms with van der Waals surface area (Å²) < 4.78 is 6.47. The number of aromatic nitrogens is 2. The highest BCUT2D eigenvalue weighted by atomic mass is 35.5. The van der Waals surface area contributed by atoms with Crippen molar-refractivity contribution in [3.63, 3.8) is 0 Å². The second-order valence-corrected chi connectivity index (χ2v) is 6.66. The predicted molar refractivity (Wildman–Crippen MR) is 104 cm³/mol. The number of carbonyl (C=O) groups excluding carboxylic acids is 3. The average Bonchev–Trinajstić information content (AvgIpc) is 2.93. The van der Waals surface area contributed by atoms with E-state index >= 15 is 0 Å². The van der Waals surface area contributed by atoms with Crippen molar-refractivity contribution in [1.82, 2.24) is 20.4 Å². The molecule has 0 saturated heterocycles. The molecule has 0 aliphatic carbocycles. The number of nitrogens with one attached hydrogen (secondary N) is 2. The number of ether oxygens (including phenoxy) is 1. The molecule has 0 fully saturated rings. The Labute approximate surface area is 168 Å². The molecule has 1 atom stereocenters. The van der Waals surface area contributed by atoms with Crippen LogP contribution in [-0.4, -0.2) is 40.3 Å². The highest BCUT2D eigenvalue weighted by Gasteiger charge is 2.23. The molecule has 0 unspecified atom stereocenters. The Morgan fingerprint density at radius 3 is 2.57 bits per heavy atom. The van der Waals surface area contributed by atoms with Gasteiger partial charge in [0.1, 0.15) is 10.7 Å². The fraction of sp³-hybridized carbons (Fsp3) is 0.368. The van der Waals surface area contributed by atoms with E-state index in [1.807, 2.05) is 44.2 Å². The molecule has 0 spiro atoms. The second kappa shape index (κ2) is 9.89. The number of esters is 1. The monoisotopic (exact) mass is 406 g/mol. The molecule has 150 valence electrons. The minimum absolute atomic E-state index is 0.0766. The fourth-order valence-corrected chi connectivity index (χ4v) is 2.69. The highest BCUT2D eigenvalue weighted by Crippen LogP contribution is 2.21. The number of hydrogen-bond donors (Lipinski definition) is 2. The van der Waals surface area contributed by atoms with E-state index in [1.54, 1.807) is 6.92 Å². The van der Waals surface area contributed by atoms with Crippen LogP contribution in [0.2, 0.25) is 5.15 Å². The lowest BCUT2D eigenvalue weighted by Gasteiger charge is -2.11. The quantitative estimate of drug-likeness (QED) is 0.688. The van der Waals surface area contributed by atoms with Gasteiger partial charge in [-0.25, -0.2) is 14.3 Å². The first-order valence-corrected chi connectivity index (χ1v) is 9.23. The molecular formula is C19H23ClN4O4. The standard InChI is InChI=1S/C19H23ClN4O4/c1-4-12(2)21-19(27)22-15(25)11-28-18(26)16-13(3)23-24(17(16)20)10-14-8-6-5-7-9-14/h5-9,12H,4,10-11H2,1-3H3,(H2,21,22,25,27)/t12-/m0/s1. The molecule has 1 heterocycles. The van der Waals surface area contributed by atoms with E-state index in [9.17, 15) is 14.4 Å². The zero-order valence-corrected chi connectivity index (χ0v) is 16.7. The first kappa shape index (κ1) is 21.4. The van der Waals surface area contributed by atoms with Gasteiger partial charge >= 0.3 is 12.0 Å². The molecule has 0 radical (unpaired) electrons. The average molecular weight is 407 g/mol. The molecule has 3 amide bonds. The third-order valence-corrected chi connectivity index (χ3v) is 4.41. The second-order valence-electron chi connectivity index (χ2n) is 6.30. The van der Waals surface area contributed by atoms with Gasteiger partial charge in [-0.1, -0.05) is 48.9 Å². The molecule has 28 heavy (non-hydrogen) atoms. The molecule has 1 aromatic heterocycles. The van der Waals surface area contributed by atoms with E-state index < -0.39 is 24.5 Å². The maximum atomic E-state index is 12.3. The van der Waals surface area contributed by atoms with Crippen LogP contribution in [0.5, 0.6) is 0 Å². The van der Waals surface area contributed by atoms with Gasteiger partial charge in [0, 0.05) is 6.04 Å². The molecule has 2 aromatic rings. The lowest BCUT2D eigenvalue weighted by molar-refractivity contribution is -0.123. The lowest BCUT2D eigenvalue weighted by Crippen LogP contribution is -2.44. The molecular weight excluding hydrogens is 384 g/mol. The number of rotatable bonds is 7. The number of amides is 3. The number of aryl methyl sites for hydroxylation is 1. The minimum Gasteiger partial charge on any atom is -0.452 e. The van der Waals surface area contributed by atoms with Gasteiger partial charge in [0.2, 0.25) is 0 Å². The maximum Gasteiger partial charge on any atom is 0.343 e. The summed E-state index contributed by atoms with van der Waals surface area (Å²) in [6, 6.07) is 8.80. The summed E-state index contributed by atoms with van der Waals surface area (Å²) in [5.41, 5.74) is 1.45. The van der Waals surface area contributed by atoms with Crippen LogP contribution in [0.15, 0.2) is 30.3 Å². The SMILES string of the molecule is CC[C@H](C)NC(=O)NC(=O)COC(=O)c1c(C)nn(Cc2ccccc2)c1Cl. The Hall–Kier alpha value is -2.87. The molecule has 2 rings (SSSR count). The van der Waals surface area contributed by atoms with Gasteiger partial charge in [-0.2, -0.15) is 5.10 Å². The summed E-state index contributed by atoms with van der Waals surface area (Å²) in [7, 11) is 0. The van der Waals surface area contributed by atoms with E-state index in [4.69, 9.17) is 16.3 Å². The van der Waals surface area contributed by atoms with E-state index in [-0.39, 0.29) is 16.8 Å². The number of nitrogens with zero attached hydrogens (tertiary/aromatic N) is 2. The molecule has 1 aromatic carbocycles. The largest absolute Gasteiger partial charge is 0.452 e. The molecule has 2 N–H and O–H groups in total. The molecule has 9 heteroatoms. The molecule has 8 nitrogen and oxygen atoms in total. The molecule has 0 saturated carbocycles. The highest BCUT2D eigenvalue weighted by molar-refractivity contribution is 6.32. The number of carbonyl (C=O) groups is 3. The van der Waals surface area contributed by atoms with Crippen molar-refractivity contribution >= 4 is 29.5 Å². The number of hydrogen-bond acceptors (Lipinski definition) is 5. The van der Waals surface area contributed by atoms with Gasteiger partial charge in [-0.05, 0) is 25.8 Å². The Bertz CT molecular complexity index is 851. The zero-order valence-electron chi connectivity index (χ0n) is 16.0. The van der Waals surface area contributed by atoms with E-state index in [1.165, 1.54) is 4.68 Å². The fourth-order valence-electron chi connectivity index (χ4n) is 2.37. The third-order valence-electron chi connectivity index (χ3n) is 4.02. The van der Waals surface area contributed by atoms with Crippen LogP contribution in [0.1, 0.15) is 41.9 Å². The Morgan fingerprint density at radius 2 is 1.93 bits per heavy atom. The van der Waals surface area contributed by atoms with Crippen LogP contribution >= 0.6 is 11.6 Å². The minimum atomic E-state index is -0.778. The van der Waals surface area contributed by atoms with Crippen LogP contribution in [0.25, 0.3) is 0 Å². The summed E-state index contributed by atoms with van der Waals surface area (Å²) in [6.07, 6.45) is 0.724. The van der Waals surface area contributed by atoms with Gasteiger partial charge in [-0.15, -0.1) is 0 Å². The van der Waals surface area contributed by atoms with Crippen molar-refractivity contribution in [1.29, 1.82) is 0 Å². The van der Waals surface area contributed by atoms with Gasteiger partial charge in [-0.3, -0.25) is 10.1 Å². The summed E-state index contributed by atoms with van der Waals surface area (Å²) in [5, 5.41) is 9.07. The van der Waals surface area contributed by atoms with Crippen LogP contribution in [0.3, 0.4) is 0 Å². The van der Waals surface area contributed by atoms with Crippen LogP contribution < -0.4 is 10.6 Å². The van der Waals surface area contributed by atoms with Crippen molar-refractivity contribution in [3.05, 3.63) is 52.3 Å². The van der Waals surface area contributed by atoms with Crippen molar-refractivity contribution in [2.45, 2.75) is 39.8 Å². The van der Waals surface area contributed by atoms with Crippen molar-refractivity contribution in [2.24, 2.45) is 0 Å². The number of imide groups is 1. The summed E-state index contributed by atoms with van der Waals surface area (Å²) in [6.45, 7) is 5.13. The topological polar surface area (TPSA) is 102 Å². The zero-order chi connectivity index (χ0) is 20.7. The first-order valence-electron chi connectivity index (χ1n) is 8.86. The molecule has 0 aliphatic heterocycles. The lowest BCUT2D eigenvalue weighted by atomic mass is 10.2. The van der Waals surface area contributed by atoms with Gasteiger partial charge < -0.3 is 10.1 Å². The number of urea groups is 1. The molecule has 0 bridgehead atoms. The third kappa shape index (κ3) is 5.82. The van der Waals surface area contributed by atoms with Crippen molar-refractivity contribution < 1.29 is 19.1 Å². The Balaban J connectivity index is 1.95. The Kier molecular flexibility index (Phi) is 7.57. The maximum absolute atomic E-state index is 12.3. The summed E-state index contributed by atoms with van der Waals surface area (Å²) in [5.74, 6) is -1.51. The van der Waals surface area contributed by atoms with Crippen molar-refractivity contribution in [3.8, 4) is 0 Å². The summed E-state index contributed by atoms with van der Waals surface area (Å²) in [4.78, 5) is 35.7. The predicted octanol–water partition coefficient (Wildman–Crippen LogP) is 2.67. The van der Waals surface area contributed by atoms with Crippen LogP contribution in [-0.2, 0) is 16.1 Å². The Morgan fingerprint density at radius 1 is 1.25 bits per heavy atom. The van der Waals surface area contributed by atoms with Gasteiger partial charge in [0.25, 0.3) is 5.91 Å².